The molecule has 0 saturated heterocycles. The lowest BCUT2D eigenvalue weighted by molar-refractivity contribution is 0.102. The van der Waals surface area contributed by atoms with Crippen LogP contribution in [0.4, 0.5) is 5.69 Å². The summed E-state index contributed by atoms with van der Waals surface area (Å²) >= 11 is 0. The molecule has 3 aromatic carbocycles. The molecule has 0 radical (unpaired) electrons. The molecule has 0 fully saturated rings. The summed E-state index contributed by atoms with van der Waals surface area (Å²) in [6.45, 7) is 2.97. The van der Waals surface area contributed by atoms with Crippen molar-refractivity contribution in [3.63, 3.8) is 0 Å². The summed E-state index contributed by atoms with van der Waals surface area (Å²) in [6.07, 6.45) is 0.705. The van der Waals surface area contributed by atoms with Crippen LogP contribution in [0.5, 0.6) is 11.5 Å². The largest absolute Gasteiger partial charge is 0.490 e. The maximum Gasteiger partial charge on any atom is 0.255 e. The molecule has 3 aromatic rings. The van der Waals surface area contributed by atoms with Gasteiger partial charge in [0.1, 0.15) is 24.7 Å². The second-order valence-corrected chi connectivity index (χ2v) is 8.68. The van der Waals surface area contributed by atoms with Crippen LogP contribution in [-0.2, 0) is 10.0 Å². The van der Waals surface area contributed by atoms with Gasteiger partial charge in [0.05, 0.1) is 4.90 Å². The van der Waals surface area contributed by atoms with E-state index in [9.17, 15) is 13.2 Å². The SMILES string of the molecule is CCCNS(=O)(=O)c1ccc(NC(=O)c2cccc(OCCOc3ccccc3)c2)cc1. The van der Waals surface area contributed by atoms with Gasteiger partial charge in [-0.1, -0.05) is 31.2 Å². The van der Waals surface area contributed by atoms with Crippen molar-refractivity contribution in [1.29, 1.82) is 0 Å². The van der Waals surface area contributed by atoms with Gasteiger partial charge in [0.2, 0.25) is 10.0 Å². The number of anilines is 1. The highest BCUT2D eigenvalue weighted by Gasteiger charge is 2.13. The van der Waals surface area contributed by atoms with Gasteiger partial charge in [-0.3, -0.25) is 4.79 Å². The number of carbonyl (C=O) groups excluding carboxylic acids is 1. The lowest BCUT2D eigenvalue weighted by Crippen LogP contribution is -2.24. The highest BCUT2D eigenvalue weighted by Crippen LogP contribution is 2.18. The van der Waals surface area contributed by atoms with Gasteiger partial charge in [0.15, 0.2) is 0 Å². The molecule has 0 heterocycles. The molecule has 0 aliphatic carbocycles. The summed E-state index contributed by atoms with van der Waals surface area (Å²) in [5.41, 5.74) is 0.916. The zero-order chi connectivity index (χ0) is 22.8. The Bertz CT molecular complexity index is 1120. The number of benzene rings is 3. The third kappa shape index (κ3) is 6.83. The van der Waals surface area contributed by atoms with E-state index in [0.717, 1.165) is 5.75 Å². The van der Waals surface area contributed by atoms with E-state index < -0.39 is 10.0 Å². The maximum atomic E-state index is 12.6. The molecule has 0 bridgehead atoms. The number of rotatable bonds is 11. The molecule has 0 aliphatic heterocycles. The minimum atomic E-state index is -3.54. The van der Waals surface area contributed by atoms with Crippen molar-refractivity contribution in [1.82, 2.24) is 4.72 Å². The minimum absolute atomic E-state index is 0.150. The van der Waals surface area contributed by atoms with Crippen LogP contribution in [0.25, 0.3) is 0 Å². The first-order chi connectivity index (χ1) is 15.5. The Balaban J connectivity index is 1.54. The number of carbonyl (C=O) groups is 1. The number of ether oxygens (including phenoxy) is 2. The van der Waals surface area contributed by atoms with Gasteiger partial charge in [-0.2, -0.15) is 0 Å². The smallest absolute Gasteiger partial charge is 0.255 e. The summed E-state index contributed by atoms with van der Waals surface area (Å²) in [5, 5.41) is 2.76. The molecule has 1 amide bonds. The van der Waals surface area contributed by atoms with Crippen LogP contribution in [-0.4, -0.2) is 34.1 Å². The van der Waals surface area contributed by atoms with Crippen LogP contribution >= 0.6 is 0 Å². The van der Waals surface area contributed by atoms with Gasteiger partial charge < -0.3 is 14.8 Å². The van der Waals surface area contributed by atoms with E-state index in [1.165, 1.54) is 12.1 Å². The Kier molecular flexibility index (Phi) is 8.24. The fraction of sp³-hybridized carbons (Fsp3) is 0.208. The lowest BCUT2D eigenvalue weighted by Gasteiger charge is -2.10. The van der Waals surface area contributed by atoms with Crippen LogP contribution in [0.2, 0.25) is 0 Å². The van der Waals surface area contributed by atoms with Crippen molar-refractivity contribution in [2.45, 2.75) is 18.2 Å². The van der Waals surface area contributed by atoms with Crippen LogP contribution in [0, 0.1) is 0 Å². The Morgan fingerprint density at radius 3 is 2.19 bits per heavy atom. The molecule has 168 valence electrons. The highest BCUT2D eigenvalue weighted by atomic mass is 32.2. The van der Waals surface area contributed by atoms with Gasteiger partial charge in [0.25, 0.3) is 5.91 Å². The highest BCUT2D eigenvalue weighted by molar-refractivity contribution is 7.89. The minimum Gasteiger partial charge on any atom is -0.490 e. The van der Waals surface area contributed by atoms with Crippen LogP contribution in [0.3, 0.4) is 0 Å². The van der Waals surface area contributed by atoms with E-state index in [4.69, 9.17) is 9.47 Å². The van der Waals surface area contributed by atoms with E-state index in [0.29, 0.717) is 43.2 Å². The zero-order valence-electron chi connectivity index (χ0n) is 17.8. The molecule has 32 heavy (non-hydrogen) atoms. The molecular formula is C24H26N2O5S. The second-order valence-electron chi connectivity index (χ2n) is 6.91. The van der Waals surface area contributed by atoms with E-state index in [1.807, 2.05) is 37.3 Å². The fourth-order valence-corrected chi connectivity index (χ4v) is 3.94. The van der Waals surface area contributed by atoms with E-state index in [1.54, 1.807) is 36.4 Å². The molecule has 2 N–H and O–H groups in total. The van der Waals surface area contributed by atoms with E-state index >= 15 is 0 Å². The summed E-state index contributed by atoms with van der Waals surface area (Å²) in [4.78, 5) is 12.7. The number of para-hydroxylation sites is 1. The Morgan fingerprint density at radius 1 is 0.844 bits per heavy atom. The monoisotopic (exact) mass is 454 g/mol. The van der Waals surface area contributed by atoms with Crippen LogP contribution < -0.4 is 19.5 Å². The summed E-state index contributed by atoms with van der Waals surface area (Å²) < 4.78 is 38.1. The third-order valence-electron chi connectivity index (χ3n) is 4.42. The van der Waals surface area contributed by atoms with Crippen molar-refractivity contribution in [2.75, 3.05) is 25.1 Å². The predicted octanol–water partition coefficient (Wildman–Crippen LogP) is 4.09. The van der Waals surface area contributed by atoms with Gasteiger partial charge in [0, 0.05) is 17.8 Å². The molecule has 0 saturated carbocycles. The third-order valence-corrected chi connectivity index (χ3v) is 5.90. The summed E-state index contributed by atoms with van der Waals surface area (Å²) in [5.74, 6) is 0.998. The Hall–Kier alpha value is -3.36. The van der Waals surface area contributed by atoms with Crippen molar-refractivity contribution < 1.29 is 22.7 Å². The normalized spacial score (nSPS) is 11.0. The number of sulfonamides is 1. The van der Waals surface area contributed by atoms with Gasteiger partial charge in [-0.05, 0) is 61.0 Å². The number of nitrogens with one attached hydrogen (secondary N) is 2. The topological polar surface area (TPSA) is 93.7 Å². The number of amides is 1. The van der Waals surface area contributed by atoms with Gasteiger partial charge in [-0.15, -0.1) is 0 Å². The fourth-order valence-electron chi connectivity index (χ4n) is 2.80. The Morgan fingerprint density at radius 2 is 1.50 bits per heavy atom. The molecule has 0 atom stereocenters. The second kappa shape index (κ2) is 11.3. The van der Waals surface area contributed by atoms with Gasteiger partial charge in [-0.25, -0.2) is 13.1 Å². The molecule has 0 unspecified atom stereocenters. The molecule has 8 heteroatoms. The van der Waals surface area contributed by atoms with E-state index in [2.05, 4.69) is 10.0 Å². The Labute approximate surface area is 188 Å². The number of hydrogen-bond acceptors (Lipinski definition) is 5. The quantitative estimate of drug-likeness (QED) is 0.426. The molecule has 0 spiro atoms. The van der Waals surface area contributed by atoms with Crippen LogP contribution in [0.15, 0.2) is 83.8 Å². The zero-order valence-corrected chi connectivity index (χ0v) is 18.6. The van der Waals surface area contributed by atoms with Gasteiger partial charge >= 0.3 is 0 Å². The molecule has 7 nitrogen and oxygen atoms in total. The van der Waals surface area contributed by atoms with Crippen LogP contribution in [0.1, 0.15) is 23.7 Å². The first kappa shape index (κ1) is 23.3. The molecule has 0 aliphatic rings. The summed E-state index contributed by atoms with van der Waals surface area (Å²) in [7, 11) is -3.54. The van der Waals surface area contributed by atoms with Crippen molar-refractivity contribution in [2.24, 2.45) is 0 Å². The first-order valence-corrected chi connectivity index (χ1v) is 11.8. The average molecular weight is 455 g/mol. The van der Waals surface area contributed by atoms with Crippen molar-refractivity contribution >= 4 is 21.6 Å². The predicted molar refractivity (Wildman–Crippen MR) is 124 cm³/mol. The lowest BCUT2D eigenvalue weighted by atomic mass is 10.2. The average Bonchev–Trinajstić information content (AvgIpc) is 2.82. The summed E-state index contributed by atoms with van der Waals surface area (Å²) in [6, 6.07) is 22.3. The molecular weight excluding hydrogens is 428 g/mol. The van der Waals surface area contributed by atoms with Crippen molar-refractivity contribution in [3.05, 3.63) is 84.4 Å². The first-order valence-electron chi connectivity index (χ1n) is 10.3. The molecule has 3 rings (SSSR count). The van der Waals surface area contributed by atoms with Crippen molar-refractivity contribution in [3.8, 4) is 11.5 Å². The molecule has 0 aromatic heterocycles. The standard InChI is InChI=1S/C24H26N2O5S/c1-2-15-25-32(28,29)23-13-11-20(12-14-23)26-24(27)19-7-6-10-22(18-19)31-17-16-30-21-8-4-3-5-9-21/h3-14,18,25H,2,15-17H2,1H3,(H,26,27). The maximum absolute atomic E-state index is 12.6. The number of hydrogen-bond donors (Lipinski definition) is 2. The van der Waals surface area contributed by atoms with E-state index in [-0.39, 0.29) is 10.8 Å².